The highest BCUT2D eigenvalue weighted by molar-refractivity contribution is 5.78. The fourth-order valence-corrected chi connectivity index (χ4v) is 3.44. The largest absolute Gasteiger partial charge is 0.368 e. The fraction of sp³-hybridized carbons (Fsp3) is 0.292. The first-order chi connectivity index (χ1) is 13.2. The van der Waals surface area contributed by atoms with Gasteiger partial charge in [-0.2, -0.15) is 0 Å². The number of carbonyl (C=O) groups excluding carboxylic acids is 1. The SMILES string of the molecule is C=Cc1ccc(C)c(N2CCN(C(=O)CC=CCc3ccccc3)CC2)c1. The van der Waals surface area contributed by atoms with Crippen LogP contribution in [0, 0.1) is 6.92 Å². The van der Waals surface area contributed by atoms with Gasteiger partial charge in [0.05, 0.1) is 0 Å². The van der Waals surface area contributed by atoms with E-state index >= 15 is 0 Å². The van der Waals surface area contributed by atoms with Crippen LogP contribution in [-0.2, 0) is 11.2 Å². The van der Waals surface area contributed by atoms with Crippen molar-refractivity contribution in [3.8, 4) is 0 Å². The van der Waals surface area contributed by atoms with Crippen LogP contribution in [0.15, 0.2) is 67.3 Å². The number of aryl methyl sites for hydroxylation is 1. The Bertz CT molecular complexity index is 802. The summed E-state index contributed by atoms with van der Waals surface area (Å²) in [5, 5.41) is 0. The number of anilines is 1. The van der Waals surface area contributed by atoms with Crippen LogP contribution >= 0.6 is 0 Å². The van der Waals surface area contributed by atoms with Crippen molar-refractivity contribution in [1.82, 2.24) is 4.90 Å². The first kappa shape index (κ1) is 19.0. The van der Waals surface area contributed by atoms with Crippen molar-refractivity contribution in [3.63, 3.8) is 0 Å². The maximum Gasteiger partial charge on any atom is 0.226 e. The number of benzene rings is 2. The number of nitrogens with zero attached hydrogens (tertiary/aromatic N) is 2. The van der Waals surface area contributed by atoms with E-state index in [0.29, 0.717) is 6.42 Å². The number of carbonyl (C=O) groups is 1. The number of allylic oxidation sites excluding steroid dienone is 1. The minimum atomic E-state index is 0.218. The van der Waals surface area contributed by atoms with Crippen LogP contribution in [-0.4, -0.2) is 37.0 Å². The summed E-state index contributed by atoms with van der Waals surface area (Å²) in [5.74, 6) is 0.218. The summed E-state index contributed by atoms with van der Waals surface area (Å²) in [4.78, 5) is 16.8. The van der Waals surface area contributed by atoms with E-state index in [1.165, 1.54) is 16.8 Å². The number of hydrogen-bond acceptors (Lipinski definition) is 2. The van der Waals surface area contributed by atoms with Crippen LogP contribution in [0.25, 0.3) is 6.08 Å². The van der Waals surface area contributed by atoms with Crippen LogP contribution in [0.4, 0.5) is 5.69 Å². The van der Waals surface area contributed by atoms with E-state index < -0.39 is 0 Å². The molecule has 0 radical (unpaired) electrons. The lowest BCUT2D eigenvalue weighted by Crippen LogP contribution is -2.48. The smallest absolute Gasteiger partial charge is 0.226 e. The third kappa shape index (κ3) is 5.10. The first-order valence-electron chi connectivity index (χ1n) is 9.62. The van der Waals surface area contributed by atoms with Gasteiger partial charge in [-0.3, -0.25) is 4.79 Å². The molecule has 0 unspecified atom stereocenters. The molecule has 1 fully saturated rings. The lowest BCUT2D eigenvalue weighted by Gasteiger charge is -2.37. The molecule has 0 aromatic heterocycles. The second kappa shape index (κ2) is 9.22. The summed E-state index contributed by atoms with van der Waals surface area (Å²) in [6, 6.07) is 16.7. The zero-order valence-corrected chi connectivity index (χ0v) is 16.1. The number of amides is 1. The van der Waals surface area contributed by atoms with Gasteiger partial charge in [0, 0.05) is 38.3 Å². The minimum Gasteiger partial charge on any atom is -0.368 e. The number of hydrogen-bond donors (Lipinski definition) is 0. The third-order valence-corrected chi connectivity index (χ3v) is 5.10. The van der Waals surface area contributed by atoms with E-state index in [1.807, 2.05) is 35.3 Å². The Labute approximate surface area is 162 Å². The van der Waals surface area contributed by atoms with Gasteiger partial charge in [-0.25, -0.2) is 0 Å². The molecular formula is C24H28N2O. The van der Waals surface area contributed by atoms with E-state index in [0.717, 1.165) is 38.2 Å². The monoisotopic (exact) mass is 360 g/mol. The van der Waals surface area contributed by atoms with Crippen molar-refractivity contribution in [2.75, 3.05) is 31.1 Å². The molecule has 2 aromatic carbocycles. The zero-order valence-electron chi connectivity index (χ0n) is 16.1. The maximum atomic E-state index is 12.5. The molecule has 0 saturated carbocycles. The molecule has 1 aliphatic heterocycles. The van der Waals surface area contributed by atoms with Crippen molar-refractivity contribution in [3.05, 3.63) is 84.0 Å². The van der Waals surface area contributed by atoms with Gasteiger partial charge < -0.3 is 9.80 Å². The highest BCUT2D eigenvalue weighted by Gasteiger charge is 2.21. The molecule has 2 aromatic rings. The Morgan fingerprint density at radius 2 is 1.78 bits per heavy atom. The van der Waals surface area contributed by atoms with E-state index in [1.54, 1.807) is 0 Å². The predicted molar refractivity (Wildman–Crippen MR) is 114 cm³/mol. The summed E-state index contributed by atoms with van der Waals surface area (Å²) in [6.07, 6.45) is 7.33. The normalized spacial score (nSPS) is 14.6. The summed E-state index contributed by atoms with van der Waals surface area (Å²) in [7, 11) is 0. The van der Waals surface area contributed by atoms with Crippen molar-refractivity contribution in [2.24, 2.45) is 0 Å². The average Bonchev–Trinajstić information content (AvgIpc) is 2.72. The molecule has 3 heteroatoms. The lowest BCUT2D eigenvalue weighted by molar-refractivity contribution is -0.130. The first-order valence-corrected chi connectivity index (χ1v) is 9.62. The molecular weight excluding hydrogens is 332 g/mol. The minimum absolute atomic E-state index is 0.218. The molecule has 1 aliphatic rings. The third-order valence-electron chi connectivity index (χ3n) is 5.10. The van der Waals surface area contributed by atoms with E-state index in [2.05, 4.69) is 54.8 Å². The topological polar surface area (TPSA) is 23.6 Å². The summed E-state index contributed by atoms with van der Waals surface area (Å²) in [5.41, 5.74) is 4.93. The van der Waals surface area contributed by atoms with Gasteiger partial charge in [0.2, 0.25) is 5.91 Å². The van der Waals surface area contributed by atoms with Gasteiger partial charge in [-0.05, 0) is 36.1 Å². The van der Waals surface area contributed by atoms with Crippen molar-refractivity contribution >= 4 is 17.7 Å². The molecule has 1 saturated heterocycles. The molecule has 0 N–H and O–H groups in total. The van der Waals surface area contributed by atoms with Gasteiger partial charge in [0.1, 0.15) is 0 Å². The van der Waals surface area contributed by atoms with E-state index in [9.17, 15) is 4.79 Å². The van der Waals surface area contributed by atoms with Crippen LogP contribution in [0.5, 0.6) is 0 Å². The van der Waals surface area contributed by atoms with Crippen LogP contribution in [0.2, 0.25) is 0 Å². The summed E-state index contributed by atoms with van der Waals surface area (Å²) >= 11 is 0. The van der Waals surface area contributed by atoms with Gasteiger partial charge in [0.15, 0.2) is 0 Å². The summed E-state index contributed by atoms with van der Waals surface area (Å²) in [6.45, 7) is 9.31. The lowest BCUT2D eigenvalue weighted by atomic mass is 10.1. The van der Waals surface area contributed by atoms with E-state index in [4.69, 9.17) is 0 Å². The molecule has 0 spiro atoms. The zero-order chi connectivity index (χ0) is 19.1. The molecule has 140 valence electrons. The quantitative estimate of drug-likeness (QED) is 0.709. The van der Waals surface area contributed by atoms with Crippen LogP contribution in [0.1, 0.15) is 23.1 Å². The van der Waals surface area contributed by atoms with Crippen molar-refractivity contribution < 1.29 is 4.79 Å². The molecule has 3 rings (SSSR count). The van der Waals surface area contributed by atoms with Gasteiger partial charge >= 0.3 is 0 Å². The Morgan fingerprint density at radius 1 is 1.04 bits per heavy atom. The Kier molecular flexibility index (Phi) is 6.48. The number of piperazine rings is 1. The van der Waals surface area contributed by atoms with Gasteiger partial charge in [-0.1, -0.05) is 67.3 Å². The molecule has 3 nitrogen and oxygen atoms in total. The average molecular weight is 361 g/mol. The molecule has 27 heavy (non-hydrogen) atoms. The summed E-state index contributed by atoms with van der Waals surface area (Å²) < 4.78 is 0. The molecule has 1 amide bonds. The van der Waals surface area contributed by atoms with Crippen molar-refractivity contribution in [1.29, 1.82) is 0 Å². The highest BCUT2D eigenvalue weighted by Crippen LogP contribution is 2.23. The molecule has 0 bridgehead atoms. The number of rotatable bonds is 6. The highest BCUT2D eigenvalue weighted by atomic mass is 16.2. The Morgan fingerprint density at radius 3 is 2.48 bits per heavy atom. The molecule has 0 atom stereocenters. The van der Waals surface area contributed by atoms with E-state index in [-0.39, 0.29) is 5.91 Å². The van der Waals surface area contributed by atoms with Gasteiger partial charge in [-0.15, -0.1) is 0 Å². The molecule has 1 heterocycles. The Balaban J connectivity index is 1.48. The van der Waals surface area contributed by atoms with Gasteiger partial charge in [0.25, 0.3) is 0 Å². The molecule has 0 aliphatic carbocycles. The predicted octanol–water partition coefficient (Wildman–Crippen LogP) is 4.48. The standard InChI is InChI=1S/C24H28N2O/c1-3-21-14-13-20(2)23(19-21)25-15-17-26(18-16-25)24(27)12-8-7-11-22-9-5-4-6-10-22/h3-10,13-14,19H,1,11-12,15-18H2,2H3. The van der Waals surface area contributed by atoms with Crippen molar-refractivity contribution in [2.45, 2.75) is 19.8 Å². The Hall–Kier alpha value is -2.81. The van der Waals surface area contributed by atoms with Crippen LogP contribution < -0.4 is 4.90 Å². The second-order valence-corrected chi connectivity index (χ2v) is 6.98. The second-order valence-electron chi connectivity index (χ2n) is 6.98. The fourth-order valence-electron chi connectivity index (χ4n) is 3.44. The van der Waals surface area contributed by atoms with Crippen LogP contribution in [0.3, 0.4) is 0 Å². The maximum absolute atomic E-state index is 12.5.